The van der Waals surface area contributed by atoms with Crippen molar-refractivity contribution in [2.45, 2.75) is 0 Å². The number of rotatable bonds is 6. The van der Waals surface area contributed by atoms with E-state index in [2.05, 4.69) is 0 Å². The number of hydrogen-bond acceptors (Lipinski definition) is 3. The summed E-state index contributed by atoms with van der Waals surface area (Å²) in [7, 11) is 1.69. The Morgan fingerprint density at radius 3 is 2.17 bits per heavy atom. The average Bonchev–Trinajstić information content (AvgIpc) is 2.56. The highest BCUT2D eigenvalue weighted by Gasteiger charge is 2.12. The van der Waals surface area contributed by atoms with E-state index in [1.54, 1.807) is 48.3 Å². The maximum atomic E-state index is 12.2. The minimum atomic E-state index is -0.520. The number of ether oxygens (including phenoxy) is 1. The fraction of sp³-hybridized carbons (Fsp3) is 0.176. The third-order valence-corrected chi connectivity index (χ3v) is 3.52. The standard InChI is InChI=1S/C17H17ClN2O3/c1-20(10-11-23-15-8-6-14(18)7-9-15)17(22)13-4-2-12(3-5-13)16(19)21/h2-9H,10-11H2,1H3,(H2,19,21). The van der Waals surface area contributed by atoms with Crippen molar-refractivity contribution in [2.24, 2.45) is 5.73 Å². The molecule has 0 unspecified atom stereocenters. The molecule has 0 spiro atoms. The summed E-state index contributed by atoms with van der Waals surface area (Å²) in [6.07, 6.45) is 0. The topological polar surface area (TPSA) is 72.6 Å². The molecule has 0 bridgehead atoms. The number of benzene rings is 2. The third-order valence-electron chi connectivity index (χ3n) is 3.27. The molecule has 2 aromatic rings. The number of halogens is 1. The summed E-state index contributed by atoms with van der Waals surface area (Å²) in [5.41, 5.74) is 6.03. The summed E-state index contributed by atoms with van der Waals surface area (Å²) >= 11 is 5.80. The molecule has 23 heavy (non-hydrogen) atoms. The first-order valence-corrected chi connectivity index (χ1v) is 7.39. The molecule has 120 valence electrons. The maximum absolute atomic E-state index is 12.2. The monoisotopic (exact) mass is 332 g/mol. The Morgan fingerprint density at radius 1 is 1.04 bits per heavy atom. The van der Waals surface area contributed by atoms with Gasteiger partial charge in [-0.3, -0.25) is 9.59 Å². The fourth-order valence-corrected chi connectivity index (χ4v) is 2.06. The summed E-state index contributed by atoms with van der Waals surface area (Å²) in [5, 5.41) is 0.643. The number of nitrogens with two attached hydrogens (primary N) is 1. The molecule has 0 heterocycles. The number of nitrogens with zero attached hydrogens (tertiary/aromatic N) is 1. The molecule has 0 aromatic heterocycles. The Morgan fingerprint density at radius 2 is 1.61 bits per heavy atom. The predicted molar refractivity (Wildman–Crippen MR) is 88.9 cm³/mol. The van der Waals surface area contributed by atoms with E-state index < -0.39 is 5.91 Å². The summed E-state index contributed by atoms with van der Waals surface area (Å²) in [6, 6.07) is 13.3. The van der Waals surface area contributed by atoms with Gasteiger partial charge in [-0.05, 0) is 48.5 Å². The van der Waals surface area contributed by atoms with Crippen molar-refractivity contribution in [3.8, 4) is 5.75 Å². The lowest BCUT2D eigenvalue weighted by Gasteiger charge is -2.17. The molecular formula is C17H17ClN2O3. The van der Waals surface area contributed by atoms with Gasteiger partial charge < -0.3 is 15.4 Å². The second-order valence-corrected chi connectivity index (χ2v) is 5.41. The lowest BCUT2D eigenvalue weighted by atomic mass is 10.1. The highest BCUT2D eigenvalue weighted by molar-refractivity contribution is 6.30. The molecular weight excluding hydrogens is 316 g/mol. The summed E-state index contributed by atoms with van der Waals surface area (Å²) in [6.45, 7) is 0.794. The van der Waals surface area contributed by atoms with Crippen molar-refractivity contribution >= 4 is 23.4 Å². The van der Waals surface area contributed by atoms with E-state index in [4.69, 9.17) is 22.1 Å². The maximum Gasteiger partial charge on any atom is 0.253 e. The van der Waals surface area contributed by atoms with Crippen LogP contribution in [0.5, 0.6) is 5.75 Å². The molecule has 0 saturated carbocycles. The van der Waals surface area contributed by atoms with E-state index in [1.807, 2.05) is 0 Å². The van der Waals surface area contributed by atoms with Gasteiger partial charge in [0.1, 0.15) is 12.4 Å². The molecule has 2 amide bonds. The van der Waals surface area contributed by atoms with E-state index >= 15 is 0 Å². The van der Waals surface area contributed by atoms with Crippen molar-refractivity contribution < 1.29 is 14.3 Å². The molecule has 2 N–H and O–H groups in total. The van der Waals surface area contributed by atoms with Crippen LogP contribution >= 0.6 is 11.6 Å². The van der Waals surface area contributed by atoms with E-state index in [1.165, 1.54) is 12.1 Å². The number of carbonyl (C=O) groups is 2. The van der Waals surface area contributed by atoms with Crippen LogP contribution in [0.15, 0.2) is 48.5 Å². The molecule has 6 heteroatoms. The summed E-state index contributed by atoms with van der Waals surface area (Å²) in [5.74, 6) is 0.0236. The van der Waals surface area contributed by atoms with E-state index in [0.29, 0.717) is 35.1 Å². The van der Waals surface area contributed by atoms with Crippen molar-refractivity contribution in [1.29, 1.82) is 0 Å². The molecule has 0 aliphatic rings. The lowest BCUT2D eigenvalue weighted by Crippen LogP contribution is -2.30. The van der Waals surface area contributed by atoms with Crippen molar-refractivity contribution in [1.82, 2.24) is 4.90 Å². The first kappa shape index (κ1) is 16.8. The van der Waals surface area contributed by atoms with Crippen molar-refractivity contribution in [2.75, 3.05) is 20.2 Å². The molecule has 0 atom stereocenters. The quantitative estimate of drug-likeness (QED) is 0.883. The average molecular weight is 333 g/mol. The third kappa shape index (κ3) is 4.72. The van der Waals surface area contributed by atoms with Crippen LogP contribution in [0.4, 0.5) is 0 Å². The van der Waals surface area contributed by atoms with Gasteiger partial charge in [-0.15, -0.1) is 0 Å². The second kappa shape index (κ2) is 7.65. The van der Waals surface area contributed by atoms with Gasteiger partial charge in [0.2, 0.25) is 5.91 Å². The molecule has 0 saturated heterocycles. The van der Waals surface area contributed by atoms with E-state index in [-0.39, 0.29) is 5.91 Å². The Labute approximate surface area is 139 Å². The van der Waals surface area contributed by atoms with Gasteiger partial charge in [-0.25, -0.2) is 0 Å². The lowest BCUT2D eigenvalue weighted by molar-refractivity contribution is 0.0773. The zero-order valence-electron chi connectivity index (χ0n) is 12.7. The first-order chi connectivity index (χ1) is 11.0. The van der Waals surface area contributed by atoms with Gasteiger partial charge in [0.15, 0.2) is 0 Å². The molecule has 0 fully saturated rings. The fourth-order valence-electron chi connectivity index (χ4n) is 1.93. The SMILES string of the molecule is CN(CCOc1ccc(Cl)cc1)C(=O)c1ccc(C(N)=O)cc1. The number of amides is 2. The Bertz CT molecular complexity index is 684. The highest BCUT2D eigenvalue weighted by atomic mass is 35.5. The van der Waals surface area contributed by atoms with Gasteiger partial charge in [0.25, 0.3) is 5.91 Å². The molecule has 5 nitrogen and oxygen atoms in total. The highest BCUT2D eigenvalue weighted by Crippen LogP contribution is 2.15. The van der Waals surface area contributed by atoms with Crippen LogP contribution in [0, 0.1) is 0 Å². The molecule has 0 aliphatic heterocycles. The molecule has 2 aromatic carbocycles. The van der Waals surface area contributed by atoms with Crippen LogP contribution in [-0.4, -0.2) is 36.9 Å². The van der Waals surface area contributed by atoms with Crippen LogP contribution in [0.2, 0.25) is 5.02 Å². The summed E-state index contributed by atoms with van der Waals surface area (Å²) < 4.78 is 5.55. The number of carbonyl (C=O) groups excluding carboxylic acids is 2. The number of likely N-dealkylation sites (N-methyl/N-ethyl adjacent to an activating group) is 1. The van der Waals surface area contributed by atoms with Crippen LogP contribution in [-0.2, 0) is 0 Å². The smallest absolute Gasteiger partial charge is 0.253 e. The van der Waals surface area contributed by atoms with E-state index in [9.17, 15) is 9.59 Å². The van der Waals surface area contributed by atoms with E-state index in [0.717, 1.165) is 0 Å². The first-order valence-electron chi connectivity index (χ1n) is 7.01. The normalized spacial score (nSPS) is 10.2. The van der Waals surface area contributed by atoms with Gasteiger partial charge in [-0.2, -0.15) is 0 Å². The van der Waals surface area contributed by atoms with Gasteiger partial charge >= 0.3 is 0 Å². The second-order valence-electron chi connectivity index (χ2n) is 4.97. The molecule has 2 rings (SSSR count). The van der Waals surface area contributed by atoms with Gasteiger partial charge in [0, 0.05) is 23.2 Å². The predicted octanol–water partition coefficient (Wildman–Crippen LogP) is 2.59. The van der Waals surface area contributed by atoms with Crippen LogP contribution in [0.25, 0.3) is 0 Å². The van der Waals surface area contributed by atoms with Crippen molar-refractivity contribution in [3.63, 3.8) is 0 Å². The Kier molecular flexibility index (Phi) is 5.60. The largest absolute Gasteiger partial charge is 0.492 e. The molecule has 0 aliphatic carbocycles. The Balaban J connectivity index is 1.87. The zero-order chi connectivity index (χ0) is 16.8. The minimum absolute atomic E-state index is 0.152. The van der Waals surface area contributed by atoms with Crippen LogP contribution < -0.4 is 10.5 Å². The summed E-state index contributed by atoms with van der Waals surface area (Å²) in [4.78, 5) is 24.8. The number of primary amides is 1. The minimum Gasteiger partial charge on any atom is -0.492 e. The van der Waals surface area contributed by atoms with Crippen LogP contribution in [0.3, 0.4) is 0 Å². The van der Waals surface area contributed by atoms with Crippen molar-refractivity contribution in [3.05, 3.63) is 64.7 Å². The van der Waals surface area contributed by atoms with Gasteiger partial charge in [0.05, 0.1) is 6.54 Å². The van der Waals surface area contributed by atoms with Crippen LogP contribution in [0.1, 0.15) is 20.7 Å². The number of hydrogen-bond donors (Lipinski definition) is 1. The Hall–Kier alpha value is -2.53. The van der Waals surface area contributed by atoms with Gasteiger partial charge in [-0.1, -0.05) is 11.6 Å². The zero-order valence-corrected chi connectivity index (χ0v) is 13.4. The molecule has 0 radical (unpaired) electrons.